The van der Waals surface area contributed by atoms with Gasteiger partial charge in [-0.1, -0.05) is 6.07 Å². The summed E-state index contributed by atoms with van der Waals surface area (Å²) in [5.74, 6) is -0.0760. The van der Waals surface area contributed by atoms with Gasteiger partial charge >= 0.3 is 5.97 Å². The number of hydrogen-bond donors (Lipinski definition) is 0. The molecule has 2 aromatic carbocycles. The number of morpholine rings is 1. The van der Waals surface area contributed by atoms with Crippen molar-refractivity contribution in [3.63, 3.8) is 0 Å². The number of esters is 1. The van der Waals surface area contributed by atoms with Gasteiger partial charge in [0.15, 0.2) is 0 Å². The lowest BCUT2D eigenvalue weighted by atomic mass is 10.1. The molecule has 8 heteroatoms. The van der Waals surface area contributed by atoms with Crippen LogP contribution in [0.4, 0.5) is 15.9 Å². The SMILES string of the molecule is COC(=O)c1cc(C=Nc2cccc(F)c2C)c2nc(N3CCOCC3)cnc2c1. The third-order valence-electron chi connectivity index (χ3n) is 5.00. The van der Waals surface area contributed by atoms with Crippen molar-refractivity contribution < 1.29 is 18.7 Å². The molecule has 30 heavy (non-hydrogen) atoms. The number of anilines is 1. The van der Waals surface area contributed by atoms with Crippen LogP contribution in [0.3, 0.4) is 0 Å². The van der Waals surface area contributed by atoms with Crippen molar-refractivity contribution in [1.29, 1.82) is 0 Å². The molecule has 4 rings (SSSR count). The Kier molecular flexibility index (Phi) is 5.67. The zero-order valence-electron chi connectivity index (χ0n) is 16.8. The van der Waals surface area contributed by atoms with Crippen molar-refractivity contribution in [1.82, 2.24) is 9.97 Å². The molecule has 3 aromatic rings. The summed E-state index contributed by atoms with van der Waals surface area (Å²) in [6, 6.07) is 8.02. The second-order valence-corrected chi connectivity index (χ2v) is 6.89. The van der Waals surface area contributed by atoms with Gasteiger partial charge in [0.1, 0.15) is 11.6 Å². The second-order valence-electron chi connectivity index (χ2n) is 6.89. The van der Waals surface area contributed by atoms with Crippen molar-refractivity contribution in [2.45, 2.75) is 6.92 Å². The number of rotatable bonds is 4. The number of ether oxygens (including phenoxy) is 2. The van der Waals surface area contributed by atoms with Gasteiger partial charge in [-0.2, -0.15) is 0 Å². The van der Waals surface area contributed by atoms with Gasteiger partial charge in [0.2, 0.25) is 0 Å². The number of aromatic nitrogens is 2. The Morgan fingerprint density at radius 1 is 1.30 bits per heavy atom. The lowest BCUT2D eigenvalue weighted by Crippen LogP contribution is -2.36. The zero-order chi connectivity index (χ0) is 21.1. The molecule has 0 radical (unpaired) electrons. The molecule has 2 heterocycles. The van der Waals surface area contributed by atoms with Crippen molar-refractivity contribution in [2.75, 3.05) is 38.3 Å². The molecule has 1 saturated heterocycles. The van der Waals surface area contributed by atoms with Gasteiger partial charge in [-0.3, -0.25) is 9.98 Å². The van der Waals surface area contributed by atoms with E-state index >= 15 is 0 Å². The topological polar surface area (TPSA) is 76.9 Å². The Morgan fingerprint density at radius 3 is 2.87 bits per heavy atom. The molecular weight excluding hydrogens is 387 g/mol. The highest BCUT2D eigenvalue weighted by Gasteiger charge is 2.16. The van der Waals surface area contributed by atoms with Crippen LogP contribution in [0.5, 0.6) is 0 Å². The lowest BCUT2D eigenvalue weighted by Gasteiger charge is -2.27. The van der Waals surface area contributed by atoms with E-state index in [0.29, 0.717) is 46.6 Å². The molecule has 1 aliphatic rings. The number of halogens is 1. The number of nitrogens with zero attached hydrogens (tertiary/aromatic N) is 4. The third-order valence-corrected chi connectivity index (χ3v) is 5.00. The van der Waals surface area contributed by atoms with Gasteiger partial charge in [0, 0.05) is 30.4 Å². The summed E-state index contributed by atoms with van der Waals surface area (Å²) in [5, 5.41) is 0. The number of hydrogen-bond acceptors (Lipinski definition) is 7. The molecule has 0 spiro atoms. The van der Waals surface area contributed by atoms with Crippen LogP contribution in [-0.4, -0.2) is 55.6 Å². The van der Waals surface area contributed by atoms with E-state index < -0.39 is 5.97 Å². The summed E-state index contributed by atoms with van der Waals surface area (Å²) in [5.41, 5.74) is 3.04. The highest BCUT2D eigenvalue weighted by Crippen LogP contribution is 2.24. The second kappa shape index (κ2) is 8.54. The van der Waals surface area contributed by atoms with E-state index in [0.717, 1.165) is 18.9 Å². The highest BCUT2D eigenvalue weighted by atomic mass is 19.1. The molecule has 0 amide bonds. The summed E-state index contributed by atoms with van der Waals surface area (Å²) < 4.78 is 24.1. The lowest BCUT2D eigenvalue weighted by molar-refractivity contribution is 0.0601. The first-order chi connectivity index (χ1) is 14.6. The Balaban J connectivity index is 1.81. The fraction of sp³-hybridized carbons (Fsp3) is 0.273. The van der Waals surface area contributed by atoms with Gasteiger partial charge in [0.25, 0.3) is 0 Å². The fourth-order valence-corrected chi connectivity index (χ4v) is 3.29. The van der Waals surface area contributed by atoms with Crippen LogP contribution in [0.2, 0.25) is 0 Å². The predicted octanol–water partition coefficient (Wildman–Crippen LogP) is 3.45. The van der Waals surface area contributed by atoms with E-state index in [1.165, 1.54) is 13.2 Å². The first kappa shape index (κ1) is 19.9. The van der Waals surface area contributed by atoms with Gasteiger partial charge in [-0.05, 0) is 31.2 Å². The molecule has 1 aliphatic heterocycles. The molecule has 1 aromatic heterocycles. The van der Waals surface area contributed by atoms with Crippen molar-refractivity contribution in [3.05, 3.63) is 59.0 Å². The van der Waals surface area contributed by atoms with Crippen molar-refractivity contribution in [3.8, 4) is 0 Å². The van der Waals surface area contributed by atoms with Crippen molar-refractivity contribution >= 4 is 34.7 Å². The summed E-state index contributed by atoms with van der Waals surface area (Å²) >= 11 is 0. The molecule has 0 saturated carbocycles. The molecule has 0 bridgehead atoms. The largest absolute Gasteiger partial charge is 0.465 e. The van der Waals surface area contributed by atoms with Crippen LogP contribution >= 0.6 is 0 Å². The minimum Gasteiger partial charge on any atom is -0.465 e. The molecular formula is C22H21FN4O3. The standard InChI is InChI=1S/C22H21FN4O3/c1-14-17(23)4-3-5-18(14)24-12-16-10-15(22(28)29-2)11-19-21(16)26-20(13-25-19)27-6-8-30-9-7-27/h3-5,10-13H,6-9H2,1-2H3. The quantitative estimate of drug-likeness (QED) is 0.486. The first-order valence-corrected chi connectivity index (χ1v) is 9.58. The molecule has 1 fully saturated rings. The van der Waals surface area contributed by atoms with Crippen LogP contribution in [0.1, 0.15) is 21.5 Å². The highest BCUT2D eigenvalue weighted by molar-refractivity contribution is 6.02. The van der Waals surface area contributed by atoms with E-state index in [1.807, 2.05) is 0 Å². The Bertz CT molecular complexity index is 1130. The normalized spacial score (nSPS) is 14.4. The Hall–Kier alpha value is -3.39. The number of fused-ring (bicyclic) bond motifs is 1. The average molecular weight is 408 g/mol. The molecule has 0 unspecified atom stereocenters. The molecule has 7 nitrogen and oxygen atoms in total. The van der Waals surface area contributed by atoms with Crippen LogP contribution < -0.4 is 4.90 Å². The van der Waals surface area contributed by atoms with E-state index in [1.54, 1.807) is 43.6 Å². The first-order valence-electron chi connectivity index (χ1n) is 9.58. The third kappa shape index (κ3) is 3.99. The Morgan fingerprint density at radius 2 is 2.10 bits per heavy atom. The number of carbonyl (C=O) groups excluding carboxylic acids is 1. The fourth-order valence-electron chi connectivity index (χ4n) is 3.29. The van der Waals surface area contributed by atoms with Gasteiger partial charge in [-0.25, -0.2) is 14.2 Å². The molecule has 0 atom stereocenters. The smallest absolute Gasteiger partial charge is 0.337 e. The molecule has 0 aliphatic carbocycles. The number of aliphatic imine (C=N–C) groups is 1. The van der Waals surface area contributed by atoms with E-state index in [9.17, 15) is 9.18 Å². The summed E-state index contributed by atoms with van der Waals surface area (Å²) in [4.78, 5) is 27.9. The average Bonchev–Trinajstić information content (AvgIpc) is 2.79. The number of carbonyl (C=O) groups is 1. The van der Waals surface area contributed by atoms with Gasteiger partial charge < -0.3 is 14.4 Å². The van der Waals surface area contributed by atoms with Crippen LogP contribution in [-0.2, 0) is 9.47 Å². The maximum absolute atomic E-state index is 13.9. The maximum Gasteiger partial charge on any atom is 0.337 e. The molecule has 154 valence electrons. The minimum absolute atomic E-state index is 0.327. The summed E-state index contributed by atoms with van der Waals surface area (Å²) in [6.07, 6.45) is 3.26. The minimum atomic E-state index is -0.479. The summed E-state index contributed by atoms with van der Waals surface area (Å²) in [6.45, 7) is 4.39. The zero-order valence-corrected chi connectivity index (χ0v) is 16.8. The number of benzene rings is 2. The summed E-state index contributed by atoms with van der Waals surface area (Å²) in [7, 11) is 1.32. The number of methoxy groups -OCH3 is 1. The van der Waals surface area contributed by atoms with Gasteiger partial charge in [0.05, 0.1) is 48.8 Å². The van der Waals surface area contributed by atoms with E-state index in [-0.39, 0.29) is 5.82 Å². The monoisotopic (exact) mass is 408 g/mol. The Labute approximate surface area is 173 Å². The predicted molar refractivity (Wildman–Crippen MR) is 112 cm³/mol. The van der Waals surface area contributed by atoms with Crippen LogP contribution in [0, 0.1) is 12.7 Å². The van der Waals surface area contributed by atoms with Crippen molar-refractivity contribution in [2.24, 2.45) is 4.99 Å². The maximum atomic E-state index is 13.9. The van der Waals surface area contributed by atoms with Crippen LogP contribution in [0.25, 0.3) is 11.0 Å². The van der Waals surface area contributed by atoms with E-state index in [2.05, 4.69) is 14.9 Å². The van der Waals surface area contributed by atoms with Crippen LogP contribution in [0.15, 0.2) is 41.5 Å². The van der Waals surface area contributed by atoms with E-state index in [4.69, 9.17) is 14.5 Å². The molecule has 0 N–H and O–H groups in total. The van der Waals surface area contributed by atoms with Gasteiger partial charge in [-0.15, -0.1) is 0 Å².